The maximum Gasteiger partial charge on any atom is 0.115 e. The Balaban J connectivity index is 1.71. The molecule has 16 heavy (non-hydrogen) atoms. The summed E-state index contributed by atoms with van der Waals surface area (Å²) >= 11 is 0. The van der Waals surface area contributed by atoms with Crippen LogP contribution < -0.4 is 5.32 Å². The van der Waals surface area contributed by atoms with E-state index in [-0.39, 0.29) is 0 Å². The molecule has 0 heterocycles. The SMILES string of the molecule is CC1CC(NC2CCc3cc(O)ccc32)C1. The first-order chi connectivity index (χ1) is 7.72. The summed E-state index contributed by atoms with van der Waals surface area (Å²) in [6.45, 7) is 2.32. The molecule has 1 aromatic rings. The van der Waals surface area contributed by atoms with Gasteiger partial charge in [0.25, 0.3) is 0 Å². The highest BCUT2D eigenvalue weighted by molar-refractivity contribution is 5.40. The molecule has 2 nitrogen and oxygen atoms in total. The lowest BCUT2D eigenvalue weighted by molar-refractivity contribution is 0.222. The van der Waals surface area contributed by atoms with Gasteiger partial charge in [-0.05, 0) is 54.9 Å². The summed E-state index contributed by atoms with van der Waals surface area (Å²) in [4.78, 5) is 0. The molecule has 0 saturated heterocycles. The molecule has 1 unspecified atom stereocenters. The number of fused-ring (bicyclic) bond motifs is 1. The quantitative estimate of drug-likeness (QED) is 0.798. The van der Waals surface area contributed by atoms with Crippen molar-refractivity contribution in [3.63, 3.8) is 0 Å². The minimum atomic E-state index is 0.400. The van der Waals surface area contributed by atoms with Crippen molar-refractivity contribution < 1.29 is 5.11 Å². The Labute approximate surface area is 96.7 Å². The number of nitrogens with one attached hydrogen (secondary N) is 1. The minimum Gasteiger partial charge on any atom is -0.508 e. The van der Waals surface area contributed by atoms with Gasteiger partial charge in [0, 0.05) is 12.1 Å². The molecule has 0 aromatic heterocycles. The van der Waals surface area contributed by atoms with Crippen LogP contribution in [0.2, 0.25) is 0 Å². The second-order valence-corrected chi connectivity index (χ2v) is 5.41. The van der Waals surface area contributed by atoms with Crippen molar-refractivity contribution in [2.24, 2.45) is 5.92 Å². The Morgan fingerprint density at radius 3 is 2.88 bits per heavy atom. The van der Waals surface area contributed by atoms with E-state index in [2.05, 4.69) is 18.3 Å². The fourth-order valence-electron chi connectivity index (χ4n) is 3.10. The van der Waals surface area contributed by atoms with Crippen molar-refractivity contribution in [1.82, 2.24) is 5.32 Å². The molecule has 0 amide bonds. The van der Waals surface area contributed by atoms with Crippen molar-refractivity contribution in [3.8, 4) is 5.75 Å². The molecule has 3 rings (SSSR count). The molecule has 0 aliphatic heterocycles. The Hall–Kier alpha value is -1.02. The molecule has 2 heteroatoms. The molecule has 1 aromatic carbocycles. The third-order valence-electron chi connectivity index (χ3n) is 4.01. The van der Waals surface area contributed by atoms with Crippen molar-refractivity contribution in [2.75, 3.05) is 0 Å². The summed E-state index contributed by atoms with van der Waals surface area (Å²) in [6, 6.07) is 7.05. The van der Waals surface area contributed by atoms with E-state index in [1.165, 1.54) is 30.4 Å². The van der Waals surface area contributed by atoms with Crippen LogP contribution in [0, 0.1) is 5.92 Å². The van der Waals surface area contributed by atoms with Gasteiger partial charge in [0.15, 0.2) is 0 Å². The van der Waals surface area contributed by atoms with Crippen LogP contribution in [0.25, 0.3) is 0 Å². The number of rotatable bonds is 2. The highest BCUT2D eigenvalue weighted by Gasteiger charge is 2.30. The van der Waals surface area contributed by atoms with Crippen LogP contribution >= 0.6 is 0 Å². The largest absolute Gasteiger partial charge is 0.508 e. The van der Waals surface area contributed by atoms with Crippen molar-refractivity contribution in [2.45, 2.75) is 44.7 Å². The Kier molecular flexibility index (Phi) is 2.40. The van der Waals surface area contributed by atoms with E-state index in [0.717, 1.165) is 18.4 Å². The Bertz CT molecular complexity index is 396. The Morgan fingerprint density at radius 2 is 2.12 bits per heavy atom. The number of hydrogen-bond donors (Lipinski definition) is 2. The molecule has 0 radical (unpaired) electrons. The van der Waals surface area contributed by atoms with Crippen LogP contribution in [-0.2, 0) is 6.42 Å². The number of phenols is 1. The molecule has 86 valence electrons. The minimum absolute atomic E-state index is 0.400. The Morgan fingerprint density at radius 1 is 1.31 bits per heavy atom. The first-order valence-corrected chi connectivity index (χ1v) is 6.30. The smallest absolute Gasteiger partial charge is 0.115 e. The summed E-state index contributed by atoms with van der Waals surface area (Å²) in [5.74, 6) is 1.30. The van der Waals surface area contributed by atoms with Gasteiger partial charge in [0.1, 0.15) is 5.75 Å². The zero-order valence-electron chi connectivity index (χ0n) is 9.74. The van der Waals surface area contributed by atoms with Gasteiger partial charge in [0.05, 0.1) is 0 Å². The van der Waals surface area contributed by atoms with Crippen LogP contribution in [0.1, 0.15) is 43.4 Å². The molecule has 1 fully saturated rings. The first kappa shape index (κ1) is 10.2. The van der Waals surface area contributed by atoms with Gasteiger partial charge in [-0.1, -0.05) is 13.0 Å². The van der Waals surface area contributed by atoms with Crippen molar-refractivity contribution in [3.05, 3.63) is 29.3 Å². The van der Waals surface area contributed by atoms with Gasteiger partial charge in [0.2, 0.25) is 0 Å². The maximum atomic E-state index is 9.44. The number of aromatic hydroxyl groups is 1. The third-order valence-corrected chi connectivity index (χ3v) is 4.01. The van der Waals surface area contributed by atoms with E-state index in [1.807, 2.05) is 12.1 Å². The lowest BCUT2D eigenvalue weighted by atomic mass is 9.81. The van der Waals surface area contributed by atoms with Crippen LogP contribution in [0.3, 0.4) is 0 Å². The summed E-state index contributed by atoms with van der Waals surface area (Å²) < 4.78 is 0. The second-order valence-electron chi connectivity index (χ2n) is 5.41. The average Bonchev–Trinajstić information content (AvgIpc) is 2.58. The monoisotopic (exact) mass is 217 g/mol. The van der Waals surface area contributed by atoms with E-state index in [4.69, 9.17) is 0 Å². The zero-order chi connectivity index (χ0) is 11.1. The molecule has 2 aliphatic carbocycles. The standard InChI is InChI=1S/C14H19NO/c1-9-6-11(7-9)15-14-5-2-10-8-12(16)3-4-13(10)14/h3-4,8-9,11,14-16H,2,5-7H2,1H3. The van der Waals surface area contributed by atoms with Crippen molar-refractivity contribution in [1.29, 1.82) is 0 Å². The van der Waals surface area contributed by atoms with E-state index in [1.54, 1.807) is 0 Å². The van der Waals surface area contributed by atoms with E-state index < -0.39 is 0 Å². The number of aryl methyl sites for hydroxylation is 1. The van der Waals surface area contributed by atoms with E-state index >= 15 is 0 Å². The number of hydrogen-bond acceptors (Lipinski definition) is 2. The summed E-state index contributed by atoms with van der Waals surface area (Å²) in [5, 5.41) is 13.2. The van der Waals surface area contributed by atoms with E-state index in [9.17, 15) is 5.11 Å². The number of benzene rings is 1. The van der Waals surface area contributed by atoms with Crippen LogP contribution in [0.5, 0.6) is 5.75 Å². The van der Waals surface area contributed by atoms with Gasteiger partial charge >= 0.3 is 0 Å². The predicted octanol–water partition coefficient (Wildman–Crippen LogP) is 2.77. The second kappa shape index (κ2) is 3.77. The number of phenolic OH excluding ortho intramolecular Hbond substituents is 1. The molecule has 0 spiro atoms. The fraction of sp³-hybridized carbons (Fsp3) is 0.571. The van der Waals surface area contributed by atoms with Gasteiger partial charge in [-0.3, -0.25) is 0 Å². The molecular formula is C14H19NO. The maximum absolute atomic E-state index is 9.44. The summed E-state index contributed by atoms with van der Waals surface area (Å²) in [7, 11) is 0. The topological polar surface area (TPSA) is 32.3 Å². The summed E-state index contributed by atoms with van der Waals surface area (Å²) in [5.41, 5.74) is 2.72. The van der Waals surface area contributed by atoms with Crippen LogP contribution in [0.4, 0.5) is 0 Å². The van der Waals surface area contributed by atoms with Crippen LogP contribution in [-0.4, -0.2) is 11.1 Å². The van der Waals surface area contributed by atoms with E-state index in [0.29, 0.717) is 11.8 Å². The van der Waals surface area contributed by atoms with Gasteiger partial charge < -0.3 is 10.4 Å². The highest BCUT2D eigenvalue weighted by atomic mass is 16.3. The molecule has 1 atom stereocenters. The molecule has 1 saturated carbocycles. The summed E-state index contributed by atoms with van der Waals surface area (Å²) in [6.07, 6.45) is 4.93. The van der Waals surface area contributed by atoms with Gasteiger partial charge in [-0.15, -0.1) is 0 Å². The highest BCUT2D eigenvalue weighted by Crippen LogP contribution is 2.36. The molecular weight excluding hydrogens is 198 g/mol. The lowest BCUT2D eigenvalue weighted by Crippen LogP contribution is -2.41. The molecule has 2 aliphatic rings. The lowest BCUT2D eigenvalue weighted by Gasteiger charge is -2.35. The third kappa shape index (κ3) is 1.71. The predicted molar refractivity (Wildman–Crippen MR) is 64.5 cm³/mol. The van der Waals surface area contributed by atoms with Crippen molar-refractivity contribution >= 4 is 0 Å². The molecule has 2 N–H and O–H groups in total. The first-order valence-electron chi connectivity index (χ1n) is 6.30. The molecule has 0 bridgehead atoms. The van der Waals surface area contributed by atoms with Crippen LogP contribution in [0.15, 0.2) is 18.2 Å². The average molecular weight is 217 g/mol. The van der Waals surface area contributed by atoms with Gasteiger partial charge in [-0.2, -0.15) is 0 Å². The fourth-order valence-corrected chi connectivity index (χ4v) is 3.10. The normalized spacial score (nSPS) is 32.2. The van der Waals surface area contributed by atoms with Gasteiger partial charge in [-0.25, -0.2) is 0 Å². The zero-order valence-corrected chi connectivity index (χ0v) is 9.74.